The highest BCUT2D eigenvalue weighted by atomic mass is 127. The van der Waals surface area contributed by atoms with Crippen molar-refractivity contribution in [2.75, 3.05) is 11.9 Å². The highest BCUT2D eigenvalue weighted by Crippen LogP contribution is 2.32. The Labute approximate surface area is 172 Å². The number of nitrogens with one attached hydrogen (secondary N) is 1. The summed E-state index contributed by atoms with van der Waals surface area (Å²) in [4.78, 5) is 38.0. The Balaban J connectivity index is 1.70. The molecule has 1 saturated heterocycles. The van der Waals surface area contributed by atoms with Gasteiger partial charge in [0.05, 0.1) is 4.91 Å². The Morgan fingerprint density at radius 3 is 2.69 bits per heavy atom. The molecule has 132 valence electrons. The van der Waals surface area contributed by atoms with Crippen LogP contribution in [-0.2, 0) is 9.59 Å². The zero-order valence-corrected chi connectivity index (χ0v) is 17.0. The fourth-order valence-corrected chi connectivity index (χ4v) is 3.89. The number of benzene rings is 2. The average Bonchev–Trinajstić information content (AvgIpc) is 2.82. The highest BCUT2D eigenvalue weighted by molar-refractivity contribution is 14.1. The van der Waals surface area contributed by atoms with Gasteiger partial charge < -0.3 is 5.32 Å². The molecule has 1 aliphatic heterocycles. The number of rotatable bonds is 4. The molecule has 0 aromatic heterocycles. The van der Waals surface area contributed by atoms with Crippen molar-refractivity contribution in [2.24, 2.45) is 0 Å². The van der Waals surface area contributed by atoms with E-state index in [0.717, 1.165) is 25.8 Å². The first kappa shape index (κ1) is 18.9. The fraction of sp³-hybridized carbons (Fsp3) is 0.0556. The quantitative estimate of drug-likeness (QED) is 0.493. The van der Waals surface area contributed by atoms with Crippen molar-refractivity contribution in [2.45, 2.75) is 0 Å². The Morgan fingerprint density at radius 1 is 1.19 bits per heavy atom. The van der Waals surface area contributed by atoms with Crippen molar-refractivity contribution in [3.8, 4) is 0 Å². The van der Waals surface area contributed by atoms with E-state index in [-0.39, 0.29) is 6.54 Å². The van der Waals surface area contributed by atoms with E-state index >= 15 is 0 Å². The standard InChI is InChI=1S/C18H12ClIN2O3S/c19-12-4-2-6-14(9-12)21-16(23)10-22-17(24)15(26-18(22)25)8-11-3-1-5-13(20)7-11/h1-9H,10H2,(H,21,23). The lowest BCUT2D eigenvalue weighted by atomic mass is 10.2. The van der Waals surface area contributed by atoms with E-state index in [4.69, 9.17) is 11.6 Å². The third-order valence-corrected chi connectivity index (χ3v) is 5.24. The zero-order chi connectivity index (χ0) is 18.7. The maximum absolute atomic E-state index is 12.5. The Hall–Kier alpha value is -1.84. The van der Waals surface area contributed by atoms with Crippen LogP contribution in [0.4, 0.5) is 10.5 Å². The van der Waals surface area contributed by atoms with E-state index in [2.05, 4.69) is 27.9 Å². The molecular weight excluding hydrogens is 487 g/mol. The van der Waals surface area contributed by atoms with Gasteiger partial charge in [0.1, 0.15) is 6.54 Å². The summed E-state index contributed by atoms with van der Waals surface area (Å²) in [5, 5.41) is 2.64. The summed E-state index contributed by atoms with van der Waals surface area (Å²) in [6, 6.07) is 14.2. The van der Waals surface area contributed by atoms with Crippen LogP contribution in [0.25, 0.3) is 6.08 Å². The lowest BCUT2D eigenvalue weighted by molar-refractivity contribution is -0.127. The number of imide groups is 1. The number of thioether (sulfide) groups is 1. The maximum atomic E-state index is 12.5. The number of halogens is 2. The van der Waals surface area contributed by atoms with Gasteiger partial charge in [-0.3, -0.25) is 19.3 Å². The van der Waals surface area contributed by atoms with Crippen molar-refractivity contribution in [3.63, 3.8) is 0 Å². The number of amides is 3. The average molecular weight is 499 g/mol. The predicted molar refractivity (Wildman–Crippen MR) is 112 cm³/mol. The number of nitrogens with zero attached hydrogens (tertiary/aromatic N) is 1. The number of anilines is 1. The molecule has 1 fully saturated rings. The van der Waals surface area contributed by atoms with Gasteiger partial charge >= 0.3 is 0 Å². The second-order valence-corrected chi connectivity index (χ2v) is 8.06. The van der Waals surface area contributed by atoms with Crippen LogP contribution in [0.2, 0.25) is 5.02 Å². The molecule has 0 spiro atoms. The lowest BCUT2D eigenvalue weighted by Gasteiger charge is -2.12. The predicted octanol–water partition coefficient (Wildman–Crippen LogP) is 4.62. The molecule has 0 saturated carbocycles. The van der Waals surface area contributed by atoms with E-state index in [1.165, 1.54) is 0 Å². The zero-order valence-electron chi connectivity index (χ0n) is 13.2. The van der Waals surface area contributed by atoms with Crippen molar-refractivity contribution in [1.82, 2.24) is 4.90 Å². The van der Waals surface area contributed by atoms with Gasteiger partial charge in [0, 0.05) is 14.3 Å². The van der Waals surface area contributed by atoms with E-state index in [0.29, 0.717) is 15.6 Å². The first-order chi connectivity index (χ1) is 12.4. The normalized spacial score (nSPS) is 15.6. The summed E-state index contributed by atoms with van der Waals surface area (Å²) >= 11 is 8.87. The van der Waals surface area contributed by atoms with Gasteiger partial charge in [-0.1, -0.05) is 29.8 Å². The largest absolute Gasteiger partial charge is 0.324 e. The van der Waals surface area contributed by atoms with E-state index in [1.807, 2.05) is 24.3 Å². The number of hydrogen-bond donors (Lipinski definition) is 1. The van der Waals surface area contributed by atoms with Crippen molar-refractivity contribution < 1.29 is 14.4 Å². The van der Waals surface area contributed by atoms with Crippen LogP contribution < -0.4 is 5.32 Å². The van der Waals surface area contributed by atoms with Crippen molar-refractivity contribution >= 4 is 74.8 Å². The first-order valence-corrected chi connectivity index (χ1v) is 9.76. The van der Waals surface area contributed by atoms with Gasteiger partial charge in [-0.15, -0.1) is 0 Å². The molecule has 1 aliphatic rings. The molecule has 5 nitrogen and oxygen atoms in total. The molecule has 3 rings (SSSR count). The van der Waals surface area contributed by atoms with E-state index < -0.39 is 17.1 Å². The third kappa shape index (κ3) is 4.66. The summed E-state index contributed by atoms with van der Waals surface area (Å²) in [5.74, 6) is -0.940. The molecule has 1 heterocycles. The van der Waals surface area contributed by atoms with Gasteiger partial charge in [0.2, 0.25) is 5.91 Å². The molecule has 1 N–H and O–H groups in total. The Bertz CT molecular complexity index is 932. The summed E-state index contributed by atoms with van der Waals surface area (Å²) < 4.78 is 1.02. The molecule has 3 amide bonds. The van der Waals surface area contributed by atoms with Gasteiger partial charge in [0.25, 0.3) is 11.1 Å². The number of carbonyl (C=O) groups excluding carboxylic acids is 3. The Morgan fingerprint density at radius 2 is 1.96 bits per heavy atom. The minimum absolute atomic E-state index is 0.299. The summed E-state index contributed by atoms with van der Waals surface area (Å²) in [7, 11) is 0. The van der Waals surface area contributed by atoms with Gasteiger partial charge in [0.15, 0.2) is 0 Å². The van der Waals surface area contributed by atoms with Crippen LogP contribution in [0.5, 0.6) is 0 Å². The molecule has 2 aromatic rings. The van der Waals surface area contributed by atoms with Gasteiger partial charge in [-0.05, 0) is 76.3 Å². The smallest absolute Gasteiger partial charge is 0.294 e. The van der Waals surface area contributed by atoms with Crippen molar-refractivity contribution in [1.29, 1.82) is 0 Å². The van der Waals surface area contributed by atoms with Gasteiger partial charge in [-0.25, -0.2) is 0 Å². The SMILES string of the molecule is O=C(CN1C(=O)SC(=Cc2cccc(I)c2)C1=O)Nc1cccc(Cl)c1. The summed E-state index contributed by atoms with van der Waals surface area (Å²) in [5.41, 5.74) is 1.33. The molecule has 0 radical (unpaired) electrons. The molecule has 0 unspecified atom stereocenters. The molecule has 0 bridgehead atoms. The van der Waals surface area contributed by atoms with Gasteiger partial charge in [-0.2, -0.15) is 0 Å². The molecule has 0 aliphatic carbocycles. The Kier molecular flexibility index (Phi) is 6.00. The molecule has 26 heavy (non-hydrogen) atoms. The summed E-state index contributed by atoms with van der Waals surface area (Å²) in [6.07, 6.45) is 1.65. The van der Waals surface area contributed by atoms with E-state index in [9.17, 15) is 14.4 Å². The second kappa shape index (κ2) is 8.24. The van der Waals surface area contributed by atoms with Crippen LogP contribution >= 0.6 is 46.0 Å². The van der Waals surface area contributed by atoms with Crippen LogP contribution in [0.1, 0.15) is 5.56 Å². The number of hydrogen-bond acceptors (Lipinski definition) is 4. The second-order valence-electron chi connectivity index (χ2n) is 5.38. The van der Waals surface area contributed by atoms with Crippen LogP contribution in [0, 0.1) is 3.57 Å². The third-order valence-electron chi connectivity index (χ3n) is 3.43. The fourth-order valence-electron chi connectivity index (χ4n) is 2.29. The summed E-state index contributed by atoms with van der Waals surface area (Å²) in [6.45, 7) is -0.346. The van der Waals surface area contributed by atoms with Crippen LogP contribution in [0.15, 0.2) is 53.4 Å². The van der Waals surface area contributed by atoms with Crippen LogP contribution in [0.3, 0.4) is 0 Å². The maximum Gasteiger partial charge on any atom is 0.294 e. The molecular formula is C18H12ClIN2O3S. The molecule has 0 atom stereocenters. The van der Waals surface area contributed by atoms with Crippen LogP contribution in [-0.4, -0.2) is 28.5 Å². The monoisotopic (exact) mass is 498 g/mol. The minimum Gasteiger partial charge on any atom is -0.324 e. The van der Waals surface area contributed by atoms with E-state index in [1.54, 1.807) is 30.3 Å². The minimum atomic E-state index is -0.472. The molecule has 8 heteroatoms. The number of carbonyl (C=O) groups is 3. The highest BCUT2D eigenvalue weighted by Gasteiger charge is 2.36. The topological polar surface area (TPSA) is 66.5 Å². The van der Waals surface area contributed by atoms with Crippen molar-refractivity contribution in [3.05, 3.63) is 67.6 Å². The lowest BCUT2D eigenvalue weighted by Crippen LogP contribution is -2.36. The first-order valence-electron chi connectivity index (χ1n) is 7.49. The molecule has 2 aromatic carbocycles.